The van der Waals surface area contributed by atoms with Crippen LogP contribution in [0.2, 0.25) is 0 Å². The van der Waals surface area contributed by atoms with Gasteiger partial charge in [-0.25, -0.2) is 0 Å². The van der Waals surface area contributed by atoms with Crippen molar-refractivity contribution in [3.05, 3.63) is 0 Å². The maximum atomic E-state index is 11.4. The first kappa shape index (κ1) is 12.0. The second-order valence-electron chi connectivity index (χ2n) is 4.31. The molecular weight excluding hydrogens is 194 g/mol. The van der Waals surface area contributed by atoms with Crippen LogP contribution in [0.3, 0.4) is 0 Å². The predicted molar refractivity (Wildman–Crippen MR) is 56.5 cm³/mol. The van der Waals surface area contributed by atoms with E-state index in [-0.39, 0.29) is 12.3 Å². The summed E-state index contributed by atoms with van der Waals surface area (Å²) in [4.78, 5) is 22.2. The average Bonchev–Trinajstić information content (AvgIpc) is 2.17. The monoisotopic (exact) mass is 213 g/mol. The van der Waals surface area contributed by atoms with E-state index in [4.69, 9.17) is 5.11 Å². The third kappa shape index (κ3) is 3.53. The lowest BCUT2D eigenvalue weighted by Crippen LogP contribution is -2.50. The highest BCUT2D eigenvalue weighted by Crippen LogP contribution is 2.31. The Kier molecular flexibility index (Phi) is 4.12. The zero-order valence-electron chi connectivity index (χ0n) is 9.21. The summed E-state index contributed by atoms with van der Waals surface area (Å²) in [7, 11) is 0. The molecule has 1 saturated carbocycles. The maximum Gasteiger partial charge on any atom is 0.305 e. The molecule has 0 aliphatic heterocycles. The SMILES string of the molecule is CCC(=O)NC1(CC(=O)O)CCCCC1. The molecule has 0 spiro atoms. The Balaban J connectivity index is 2.65. The number of hydrogen-bond donors (Lipinski definition) is 2. The van der Waals surface area contributed by atoms with Gasteiger partial charge in [0.15, 0.2) is 0 Å². The van der Waals surface area contributed by atoms with Gasteiger partial charge in [0, 0.05) is 6.42 Å². The molecule has 1 fully saturated rings. The van der Waals surface area contributed by atoms with Gasteiger partial charge in [-0.3, -0.25) is 9.59 Å². The molecule has 0 saturated heterocycles. The Bertz CT molecular complexity index is 244. The van der Waals surface area contributed by atoms with Crippen molar-refractivity contribution in [3.8, 4) is 0 Å². The van der Waals surface area contributed by atoms with E-state index in [1.54, 1.807) is 6.92 Å². The van der Waals surface area contributed by atoms with Crippen molar-refractivity contribution in [1.82, 2.24) is 5.32 Å². The van der Waals surface area contributed by atoms with Crippen molar-refractivity contribution in [2.75, 3.05) is 0 Å². The number of aliphatic carboxylic acids is 1. The minimum Gasteiger partial charge on any atom is -0.481 e. The number of carbonyl (C=O) groups is 2. The summed E-state index contributed by atoms with van der Waals surface area (Å²) in [6, 6.07) is 0. The molecule has 15 heavy (non-hydrogen) atoms. The van der Waals surface area contributed by atoms with E-state index in [0.717, 1.165) is 32.1 Å². The number of carbonyl (C=O) groups excluding carboxylic acids is 1. The second-order valence-corrected chi connectivity index (χ2v) is 4.31. The van der Waals surface area contributed by atoms with Gasteiger partial charge in [-0.2, -0.15) is 0 Å². The number of amides is 1. The molecule has 4 nitrogen and oxygen atoms in total. The smallest absolute Gasteiger partial charge is 0.305 e. The normalized spacial score (nSPS) is 19.5. The summed E-state index contributed by atoms with van der Waals surface area (Å²) in [5, 5.41) is 11.8. The van der Waals surface area contributed by atoms with E-state index in [0.29, 0.717) is 6.42 Å². The molecule has 1 rings (SSSR count). The maximum absolute atomic E-state index is 11.4. The average molecular weight is 213 g/mol. The van der Waals surface area contributed by atoms with Crippen LogP contribution < -0.4 is 5.32 Å². The van der Waals surface area contributed by atoms with E-state index in [1.807, 2.05) is 0 Å². The Morgan fingerprint density at radius 2 is 1.87 bits per heavy atom. The molecule has 4 heteroatoms. The standard InChI is InChI=1S/C11H19NO3/c1-2-9(13)12-11(8-10(14)15)6-4-3-5-7-11/h2-8H2,1H3,(H,12,13)(H,14,15). The van der Waals surface area contributed by atoms with Crippen molar-refractivity contribution < 1.29 is 14.7 Å². The summed E-state index contributed by atoms with van der Waals surface area (Å²) in [6.45, 7) is 1.78. The summed E-state index contributed by atoms with van der Waals surface area (Å²) < 4.78 is 0. The lowest BCUT2D eigenvalue weighted by molar-refractivity contribution is -0.139. The van der Waals surface area contributed by atoms with Crippen LogP contribution in [0.15, 0.2) is 0 Å². The quantitative estimate of drug-likeness (QED) is 0.746. The predicted octanol–water partition coefficient (Wildman–Crippen LogP) is 1.69. The lowest BCUT2D eigenvalue weighted by atomic mass is 9.79. The minimum atomic E-state index is -0.826. The molecule has 0 heterocycles. The number of carboxylic acids is 1. The van der Waals surface area contributed by atoms with E-state index < -0.39 is 11.5 Å². The third-order valence-corrected chi connectivity index (χ3v) is 3.03. The third-order valence-electron chi connectivity index (χ3n) is 3.03. The van der Waals surface area contributed by atoms with E-state index in [1.165, 1.54) is 0 Å². The van der Waals surface area contributed by atoms with Crippen LogP contribution in [-0.2, 0) is 9.59 Å². The number of nitrogens with one attached hydrogen (secondary N) is 1. The molecule has 1 aliphatic rings. The first-order chi connectivity index (χ1) is 7.08. The van der Waals surface area contributed by atoms with Crippen LogP contribution in [0.5, 0.6) is 0 Å². The molecule has 0 aromatic carbocycles. The summed E-state index contributed by atoms with van der Waals surface area (Å²) in [5.41, 5.74) is -0.475. The van der Waals surface area contributed by atoms with Crippen molar-refractivity contribution in [1.29, 1.82) is 0 Å². The van der Waals surface area contributed by atoms with Crippen LogP contribution in [0.25, 0.3) is 0 Å². The van der Waals surface area contributed by atoms with Gasteiger partial charge in [0.1, 0.15) is 0 Å². The molecule has 0 radical (unpaired) electrons. The van der Waals surface area contributed by atoms with Crippen LogP contribution in [-0.4, -0.2) is 22.5 Å². The van der Waals surface area contributed by atoms with Crippen molar-refractivity contribution in [3.63, 3.8) is 0 Å². The lowest BCUT2D eigenvalue weighted by Gasteiger charge is -2.36. The van der Waals surface area contributed by atoms with Crippen molar-refractivity contribution in [2.45, 2.75) is 57.4 Å². The molecule has 1 amide bonds. The largest absolute Gasteiger partial charge is 0.481 e. The molecule has 86 valence electrons. The van der Waals surface area contributed by atoms with Gasteiger partial charge >= 0.3 is 5.97 Å². The fourth-order valence-electron chi connectivity index (χ4n) is 2.25. The van der Waals surface area contributed by atoms with Gasteiger partial charge in [-0.05, 0) is 12.8 Å². The van der Waals surface area contributed by atoms with Crippen LogP contribution in [0, 0.1) is 0 Å². The number of hydrogen-bond acceptors (Lipinski definition) is 2. The number of rotatable bonds is 4. The molecule has 0 aromatic heterocycles. The highest BCUT2D eigenvalue weighted by atomic mass is 16.4. The van der Waals surface area contributed by atoms with Gasteiger partial charge in [0.05, 0.1) is 12.0 Å². The topological polar surface area (TPSA) is 66.4 Å². The van der Waals surface area contributed by atoms with E-state index in [9.17, 15) is 9.59 Å². The first-order valence-corrected chi connectivity index (χ1v) is 5.61. The van der Waals surface area contributed by atoms with Crippen molar-refractivity contribution in [2.24, 2.45) is 0 Å². The van der Waals surface area contributed by atoms with Crippen molar-refractivity contribution >= 4 is 11.9 Å². The minimum absolute atomic E-state index is 0.0434. The fraction of sp³-hybridized carbons (Fsp3) is 0.818. The summed E-state index contributed by atoms with van der Waals surface area (Å²) >= 11 is 0. The van der Waals surface area contributed by atoms with Crippen LogP contribution >= 0.6 is 0 Å². The molecule has 1 aliphatic carbocycles. The second kappa shape index (κ2) is 5.14. The Hall–Kier alpha value is -1.06. The fourth-order valence-corrected chi connectivity index (χ4v) is 2.25. The van der Waals surface area contributed by atoms with E-state index in [2.05, 4.69) is 5.32 Å². The molecule has 0 aromatic rings. The molecule has 0 bridgehead atoms. The summed E-state index contributed by atoms with van der Waals surface area (Å²) in [5.74, 6) is -0.869. The zero-order valence-corrected chi connectivity index (χ0v) is 9.21. The summed E-state index contributed by atoms with van der Waals surface area (Å²) in [6.07, 6.45) is 5.23. The van der Waals surface area contributed by atoms with Gasteiger partial charge < -0.3 is 10.4 Å². The zero-order chi connectivity index (χ0) is 11.3. The van der Waals surface area contributed by atoms with E-state index >= 15 is 0 Å². The van der Waals surface area contributed by atoms with Gasteiger partial charge in [-0.1, -0.05) is 26.2 Å². The van der Waals surface area contributed by atoms with Crippen LogP contribution in [0.1, 0.15) is 51.9 Å². The Labute approximate surface area is 90.0 Å². The van der Waals surface area contributed by atoms with Gasteiger partial charge in [0.25, 0.3) is 0 Å². The highest BCUT2D eigenvalue weighted by Gasteiger charge is 2.35. The molecule has 2 N–H and O–H groups in total. The first-order valence-electron chi connectivity index (χ1n) is 5.61. The highest BCUT2D eigenvalue weighted by molar-refractivity contribution is 5.78. The molecule has 0 atom stereocenters. The van der Waals surface area contributed by atoms with Gasteiger partial charge in [-0.15, -0.1) is 0 Å². The Morgan fingerprint density at radius 3 is 2.33 bits per heavy atom. The number of carboxylic acid groups (broad SMARTS) is 1. The Morgan fingerprint density at radius 1 is 1.27 bits per heavy atom. The van der Waals surface area contributed by atoms with Gasteiger partial charge in [0.2, 0.25) is 5.91 Å². The van der Waals surface area contributed by atoms with Crippen LogP contribution in [0.4, 0.5) is 0 Å². The molecule has 0 unspecified atom stereocenters. The molecular formula is C11H19NO3.